The highest BCUT2D eigenvalue weighted by molar-refractivity contribution is 6.01. The lowest BCUT2D eigenvalue weighted by molar-refractivity contribution is 0.0698. The van der Waals surface area contributed by atoms with E-state index >= 15 is 0 Å². The molecule has 0 heterocycles. The van der Waals surface area contributed by atoms with E-state index < -0.39 is 5.97 Å². The summed E-state index contributed by atoms with van der Waals surface area (Å²) in [6.45, 7) is 5.76. The summed E-state index contributed by atoms with van der Waals surface area (Å²) in [6, 6.07) is 3.27. The van der Waals surface area contributed by atoms with Crippen LogP contribution in [0.15, 0.2) is 12.1 Å². The van der Waals surface area contributed by atoms with Crippen LogP contribution >= 0.6 is 0 Å². The SMILES string of the molecule is Cc1cc(C)c(NC(=O)NC2CCCC2C)c(C(=O)O)c1. The quantitative estimate of drug-likeness (QED) is 0.799. The molecule has 1 aromatic rings. The topological polar surface area (TPSA) is 78.4 Å². The molecule has 0 radical (unpaired) electrons. The second-order valence-electron chi connectivity index (χ2n) is 5.92. The van der Waals surface area contributed by atoms with Crippen LogP contribution in [-0.2, 0) is 0 Å². The normalized spacial score (nSPS) is 21.1. The van der Waals surface area contributed by atoms with Crippen molar-refractivity contribution in [1.29, 1.82) is 0 Å². The molecule has 1 saturated carbocycles. The minimum atomic E-state index is -1.04. The van der Waals surface area contributed by atoms with Gasteiger partial charge in [-0.25, -0.2) is 9.59 Å². The van der Waals surface area contributed by atoms with Gasteiger partial charge in [0.05, 0.1) is 11.3 Å². The van der Waals surface area contributed by atoms with E-state index in [1.165, 1.54) is 0 Å². The van der Waals surface area contributed by atoms with Crippen LogP contribution in [-0.4, -0.2) is 23.1 Å². The lowest BCUT2D eigenvalue weighted by Gasteiger charge is -2.19. The molecule has 2 rings (SSSR count). The molecule has 5 nitrogen and oxygen atoms in total. The van der Waals surface area contributed by atoms with Gasteiger partial charge in [-0.05, 0) is 49.8 Å². The van der Waals surface area contributed by atoms with Crippen LogP contribution in [0, 0.1) is 19.8 Å². The van der Waals surface area contributed by atoms with E-state index in [0.29, 0.717) is 11.6 Å². The third kappa shape index (κ3) is 3.54. The zero-order valence-corrected chi connectivity index (χ0v) is 12.7. The van der Waals surface area contributed by atoms with Gasteiger partial charge in [-0.3, -0.25) is 0 Å². The monoisotopic (exact) mass is 290 g/mol. The Labute approximate surface area is 124 Å². The van der Waals surface area contributed by atoms with Gasteiger partial charge in [0, 0.05) is 6.04 Å². The Morgan fingerprint density at radius 3 is 2.52 bits per heavy atom. The molecule has 2 amide bonds. The number of urea groups is 1. The number of carbonyl (C=O) groups excluding carboxylic acids is 1. The highest BCUT2D eigenvalue weighted by atomic mass is 16.4. The highest BCUT2D eigenvalue weighted by Gasteiger charge is 2.25. The van der Waals surface area contributed by atoms with E-state index in [-0.39, 0.29) is 17.6 Å². The zero-order chi connectivity index (χ0) is 15.6. The van der Waals surface area contributed by atoms with E-state index in [1.807, 2.05) is 13.0 Å². The predicted molar refractivity (Wildman–Crippen MR) is 81.8 cm³/mol. The van der Waals surface area contributed by atoms with Crippen molar-refractivity contribution < 1.29 is 14.7 Å². The van der Waals surface area contributed by atoms with E-state index in [2.05, 4.69) is 17.6 Å². The molecule has 5 heteroatoms. The second kappa shape index (κ2) is 6.16. The molecule has 1 aromatic carbocycles. The number of carboxylic acids is 1. The summed E-state index contributed by atoms with van der Waals surface area (Å²) >= 11 is 0. The molecule has 2 unspecified atom stereocenters. The molecule has 0 spiro atoms. The van der Waals surface area contributed by atoms with Crippen LogP contribution < -0.4 is 10.6 Å². The Kier molecular flexibility index (Phi) is 4.50. The number of carbonyl (C=O) groups is 2. The average molecular weight is 290 g/mol. The molecule has 3 N–H and O–H groups in total. The van der Waals surface area contributed by atoms with Gasteiger partial charge in [0.25, 0.3) is 0 Å². The molecular formula is C16H22N2O3. The third-order valence-electron chi connectivity index (χ3n) is 4.13. The molecule has 2 atom stereocenters. The van der Waals surface area contributed by atoms with Crippen molar-refractivity contribution in [3.05, 3.63) is 28.8 Å². The minimum absolute atomic E-state index is 0.127. The van der Waals surface area contributed by atoms with E-state index in [0.717, 1.165) is 30.4 Å². The Morgan fingerprint density at radius 2 is 1.95 bits per heavy atom. The van der Waals surface area contributed by atoms with Crippen LogP contribution in [0.1, 0.15) is 47.7 Å². The first-order valence-corrected chi connectivity index (χ1v) is 7.30. The van der Waals surface area contributed by atoms with Gasteiger partial charge >= 0.3 is 12.0 Å². The number of anilines is 1. The molecule has 0 aliphatic heterocycles. The molecule has 1 aliphatic carbocycles. The fraction of sp³-hybridized carbons (Fsp3) is 0.500. The summed E-state index contributed by atoms with van der Waals surface area (Å²) in [7, 11) is 0. The van der Waals surface area contributed by atoms with Crippen molar-refractivity contribution in [2.75, 3.05) is 5.32 Å². The number of aryl methyl sites for hydroxylation is 2. The van der Waals surface area contributed by atoms with E-state index in [4.69, 9.17) is 0 Å². The molecule has 21 heavy (non-hydrogen) atoms. The fourth-order valence-corrected chi connectivity index (χ4v) is 2.98. The number of amides is 2. The number of benzene rings is 1. The number of carboxylic acid groups (broad SMARTS) is 1. The first kappa shape index (κ1) is 15.4. The lowest BCUT2D eigenvalue weighted by Crippen LogP contribution is -2.39. The van der Waals surface area contributed by atoms with Crippen molar-refractivity contribution >= 4 is 17.7 Å². The smallest absolute Gasteiger partial charge is 0.337 e. The fourth-order valence-electron chi connectivity index (χ4n) is 2.98. The summed E-state index contributed by atoms with van der Waals surface area (Å²) in [5, 5.41) is 14.9. The number of hydrogen-bond acceptors (Lipinski definition) is 2. The summed E-state index contributed by atoms with van der Waals surface area (Å²) in [4.78, 5) is 23.4. The van der Waals surface area contributed by atoms with Crippen LogP contribution in [0.4, 0.5) is 10.5 Å². The van der Waals surface area contributed by atoms with Gasteiger partial charge in [0.2, 0.25) is 0 Å². The van der Waals surface area contributed by atoms with E-state index in [9.17, 15) is 14.7 Å². The Hall–Kier alpha value is -2.04. The van der Waals surface area contributed by atoms with Gasteiger partial charge in [-0.1, -0.05) is 19.4 Å². The van der Waals surface area contributed by atoms with Gasteiger partial charge < -0.3 is 15.7 Å². The molecular weight excluding hydrogens is 268 g/mol. The summed E-state index contributed by atoms with van der Waals surface area (Å²) in [5.74, 6) is -0.569. The Balaban J connectivity index is 2.15. The van der Waals surface area contributed by atoms with Gasteiger partial charge in [0.1, 0.15) is 0 Å². The summed E-state index contributed by atoms with van der Waals surface area (Å²) < 4.78 is 0. The van der Waals surface area contributed by atoms with Crippen LogP contribution in [0.25, 0.3) is 0 Å². The minimum Gasteiger partial charge on any atom is -0.478 e. The summed E-state index contributed by atoms with van der Waals surface area (Å²) in [5.41, 5.74) is 2.11. The number of nitrogens with one attached hydrogen (secondary N) is 2. The molecule has 0 bridgehead atoms. The molecule has 114 valence electrons. The van der Waals surface area contributed by atoms with Crippen molar-refractivity contribution in [2.45, 2.75) is 46.1 Å². The van der Waals surface area contributed by atoms with Crippen molar-refractivity contribution in [3.8, 4) is 0 Å². The molecule has 0 aromatic heterocycles. The largest absolute Gasteiger partial charge is 0.478 e. The predicted octanol–water partition coefficient (Wildman–Crippen LogP) is 3.31. The maximum absolute atomic E-state index is 12.1. The van der Waals surface area contributed by atoms with Crippen molar-refractivity contribution in [3.63, 3.8) is 0 Å². The van der Waals surface area contributed by atoms with Gasteiger partial charge in [-0.2, -0.15) is 0 Å². The van der Waals surface area contributed by atoms with Gasteiger partial charge in [-0.15, -0.1) is 0 Å². The van der Waals surface area contributed by atoms with Crippen LogP contribution in [0.3, 0.4) is 0 Å². The molecule has 0 saturated heterocycles. The van der Waals surface area contributed by atoms with Crippen molar-refractivity contribution in [1.82, 2.24) is 5.32 Å². The first-order valence-electron chi connectivity index (χ1n) is 7.30. The second-order valence-corrected chi connectivity index (χ2v) is 5.92. The average Bonchev–Trinajstić information content (AvgIpc) is 2.77. The van der Waals surface area contributed by atoms with E-state index in [1.54, 1.807) is 13.0 Å². The van der Waals surface area contributed by atoms with Crippen molar-refractivity contribution in [2.24, 2.45) is 5.92 Å². The standard InChI is InChI=1S/C16H22N2O3/c1-9-7-11(3)14(12(8-9)15(19)20)18-16(21)17-13-6-4-5-10(13)2/h7-8,10,13H,4-6H2,1-3H3,(H,19,20)(H2,17,18,21). The highest BCUT2D eigenvalue weighted by Crippen LogP contribution is 2.26. The summed E-state index contributed by atoms with van der Waals surface area (Å²) in [6.07, 6.45) is 3.22. The number of rotatable bonds is 3. The molecule has 1 fully saturated rings. The maximum Gasteiger partial charge on any atom is 0.337 e. The Morgan fingerprint density at radius 1 is 1.24 bits per heavy atom. The number of aromatic carboxylic acids is 1. The number of hydrogen-bond donors (Lipinski definition) is 3. The zero-order valence-electron chi connectivity index (χ0n) is 12.7. The van der Waals surface area contributed by atoms with Crippen LogP contribution in [0.2, 0.25) is 0 Å². The third-order valence-corrected chi connectivity index (χ3v) is 4.13. The molecule has 1 aliphatic rings. The van der Waals surface area contributed by atoms with Crippen LogP contribution in [0.5, 0.6) is 0 Å². The lowest BCUT2D eigenvalue weighted by atomic mass is 10.0. The first-order chi connectivity index (χ1) is 9.88. The van der Waals surface area contributed by atoms with Gasteiger partial charge in [0.15, 0.2) is 0 Å². The Bertz CT molecular complexity index is 569. The maximum atomic E-state index is 12.1.